The highest BCUT2D eigenvalue weighted by Gasteiger charge is 2.32. The van der Waals surface area contributed by atoms with Crippen LogP contribution in [0.5, 0.6) is 0 Å². The van der Waals surface area contributed by atoms with Crippen LogP contribution in [0.25, 0.3) is 0 Å². The highest BCUT2D eigenvalue weighted by molar-refractivity contribution is 7.37. The average molecular weight is 547 g/mol. The summed E-state index contributed by atoms with van der Waals surface area (Å²) in [5, 5.41) is 17.9. The molecule has 37 heavy (non-hydrogen) atoms. The molecule has 0 saturated carbocycles. The number of nitrogens with zero attached hydrogens (tertiary/aromatic N) is 1. The normalized spacial score (nSPS) is 13.8. The monoisotopic (exact) mass is 546 g/mol. The standard InChI is InChI=1S/C24H46O3.C6H15NO2P/c1-2-3-4-5-6-7-8-9-10-11-12-13-14-15-16-17-18-19-20-21-23(26)24(27)22-25;1-5-6(10(8)9)7(2,3)4/h12-13,24-25,27H,2-11,14-22H2,1H3;6H,5H2,1-4H3/q;+1. The van der Waals surface area contributed by atoms with E-state index in [9.17, 15) is 19.4 Å². The van der Waals surface area contributed by atoms with Crippen LogP contribution in [0, 0.1) is 0 Å². The quantitative estimate of drug-likeness (QED) is 0.0586. The topological polar surface area (TPSA) is 97.7 Å². The molecular weight excluding hydrogens is 485 g/mol. The zero-order valence-corrected chi connectivity index (χ0v) is 25.9. The van der Waals surface area contributed by atoms with Crippen molar-refractivity contribution in [3.8, 4) is 0 Å². The summed E-state index contributed by atoms with van der Waals surface area (Å²) in [6.07, 6.45) is 26.4. The number of allylic oxidation sites excluding steroid dienone is 2. The van der Waals surface area contributed by atoms with E-state index in [2.05, 4.69) is 19.1 Å². The minimum absolute atomic E-state index is 0.227. The molecule has 3 atom stereocenters. The lowest BCUT2D eigenvalue weighted by Crippen LogP contribution is -2.43. The second-order valence-electron chi connectivity index (χ2n) is 11.2. The Kier molecular flexibility index (Phi) is 28.0. The van der Waals surface area contributed by atoms with Crippen LogP contribution in [0.2, 0.25) is 0 Å². The molecule has 0 aliphatic carbocycles. The summed E-state index contributed by atoms with van der Waals surface area (Å²) in [6.45, 7) is 3.71. The fourth-order valence-corrected chi connectivity index (χ4v) is 5.19. The van der Waals surface area contributed by atoms with Crippen molar-refractivity contribution in [3.05, 3.63) is 12.2 Å². The predicted molar refractivity (Wildman–Crippen MR) is 156 cm³/mol. The average Bonchev–Trinajstić information content (AvgIpc) is 2.84. The molecule has 6 nitrogen and oxygen atoms in total. The molecule has 0 fully saturated rings. The first-order chi connectivity index (χ1) is 17.6. The van der Waals surface area contributed by atoms with Crippen LogP contribution >= 0.6 is 8.03 Å². The maximum atomic E-state index is 11.3. The molecule has 0 heterocycles. The second kappa shape index (κ2) is 26.9. The van der Waals surface area contributed by atoms with Gasteiger partial charge in [0.05, 0.1) is 27.7 Å². The van der Waals surface area contributed by atoms with Gasteiger partial charge in [-0.15, -0.1) is 0 Å². The van der Waals surface area contributed by atoms with Crippen molar-refractivity contribution in [1.82, 2.24) is 0 Å². The van der Waals surface area contributed by atoms with Crippen LogP contribution in [0.15, 0.2) is 12.2 Å². The van der Waals surface area contributed by atoms with Crippen LogP contribution in [-0.2, 0) is 9.36 Å². The molecule has 0 aliphatic rings. The lowest BCUT2D eigenvalue weighted by Gasteiger charge is -2.26. The molecular formula is C30H61NO5P+. The van der Waals surface area contributed by atoms with Crippen molar-refractivity contribution in [2.24, 2.45) is 0 Å². The van der Waals surface area contributed by atoms with Gasteiger partial charge in [-0.05, 0) is 32.1 Å². The number of hydrogen-bond donors (Lipinski definition) is 2. The van der Waals surface area contributed by atoms with E-state index in [1.54, 1.807) is 0 Å². The Morgan fingerprint density at radius 1 is 0.784 bits per heavy atom. The van der Waals surface area contributed by atoms with Gasteiger partial charge in [-0.2, -0.15) is 0 Å². The Morgan fingerprint density at radius 3 is 1.51 bits per heavy atom. The second-order valence-corrected chi connectivity index (χ2v) is 12.4. The Balaban J connectivity index is 0. The van der Waals surface area contributed by atoms with Crippen LogP contribution in [0.1, 0.15) is 136 Å². The first-order valence-electron chi connectivity index (χ1n) is 15.0. The van der Waals surface area contributed by atoms with Gasteiger partial charge in [-0.1, -0.05) is 108 Å². The van der Waals surface area contributed by atoms with E-state index in [4.69, 9.17) is 5.11 Å². The van der Waals surface area contributed by atoms with E-state index in [-0.39, 0.29) is 11.6 Å². The minimum atomic E-state index is -2.28. The van der Waals surface area contributed by atoms with Crippen LogP contribution < -0.4 is 4.89 Å². The Hall–Kier alpha value is -0.650. The first-order valence-corrected chi connectivity index (χ1v) is 16.3. The number of hydrogen-bond acceptors (Lipinski definition) is 5. The summed E-state index contributed by atoms with van der Waals surface area (Å²) < 4.78 is 11.1. The van der Waals surface area contributed by atoms with E-state index in [0.717, 1.165) is 19.3 Å². The van der Waals surface area contributed by atoms with Gasteiger partial charge in [0.2, 0.25) is 0 Å². The molecule has 0 rings (SSSR count). The summed E-state index contributed by atoms with van der Waals surface area (Å²) in [7, 11) is 3.38. The number of quaternary nitrogens is 1. The summed E-state index contributed by atoms with van der Waals surface area (Å²) in [6, 6.07) is 0. The van der Waals surface area contributed by atoms with Crippen molar-refractivity contribution in [2.45, 2.75) is 148 Å². The molecule has 0 aromatic carbocycles. The number of unbranched alkanes of at least 4 members (excludes halogenated alkanes) is 15. The number of Topliss-reactive ketones (excluding diaryl/α,β-unsaturated/α-hetero) is 1. The van der Waals surface area contributed by atoms with Gasteiger partial charge < -0.3 is 15.1 Å². The third kappa shape index (κ3) is 26.7. The fourth-order valence-electron chi connectivity index (χ4n) is 4.33. The van der Waals surface area contributed by atoms with Crippen LogP contribution in [-0.4, -0.2) is 60.1 Å². The number of aliphatic hydroxyl groups is 2. The largest absolute Gasteiger partial charge is 0.591 e. The highest BCUT2D eigenvalue weighted by Crippen LogP contribution is 2.26. The van der Waals surface area contributed by atoms with Gasteiger partial charge in [0.25, 0.3) is 5.78 Å². The molecule has 3 unspecified atom stereocenters. The lowest BCUT2D eigenvalue weighted by molar-refractivity contribution is -0.883. The van der Waals surface area contributed by atoms with Crippen molar-refractivity contribution in [2.75, 3.05) is 27.7 Å². The molecule has 220 valence electrons. The van der Waals surface area contributed by atoms with E-state index >= 15 is 0 Å². The third-order valence-corrected chi connectivity index (χ3v) is 8.28. The Bertz CT molecular complexity index is 563. The van der Waals surface area contributed by atoms with Gasteiger partial charge in [0, 0.05) is 12.8 Å². The minimum Gasteiger partial charge on any atom is -0.591 e. The highest BCUT2D eigenvalue weighted by atomic mass is 31.1. The van der Waals surface area contributed by atoms with Gasteiger partial charge in [-0.3, -0.25) is 9.28 Å². The van der Waals surface area contributed by atoms with E-state index in [1.165, 1.54) is 89.9 Å². The summed E-state index contributed by atoms with van der Waals surface area (Å²) in [5.74, 6) is -0.468. The molecule has 7 heteroatoms. The number of aliphatic hydroxyl groups excluding tert-OH is 2. The van der Waals surface area contributed by atoms with Gasteiger partial charge >= 0.3 is 8.03 Å². The van der Waals surface area contributed by atoms with Crippen LogP contribution in [0.3, 0.4) is 0 Å². The summed E-state index contributed by atoms with van der Waals surface area (Å²) in [5.41, 5.74) is 0. The van der Waals surface area contributed by atoms with E-state index in [0.29, 0.717) is 17.3 Å². The maximum Gasteiger partial charge on any atom is 0.373 e. The molecule has 0 saturated heterocycles. The molecule has 0 amide bonds. The number of rotatable bonds is 24. The predicted octanol–water partition coefficient (Wildman–Crippen LogP) is 7.04. The Labute approximate surface area is 230 Å². The zero-order chi connectivity index (χ0) is 28.4. The van der Waals surface area contributed by atoms with Gasteiger partial charge in [0.15, 0.2) is 5.78 Å². The van der Waals surface area contributed by atoms with Crippen molar-refractivity contribution < 1.29 is 28.9 Å². The number of carbonyl (C=O) groups is 1. The SMILES string of the molecule is CCC([P+](=O)[O-])[N+](C)(C)C.CCCCCCCCCCCC=CCCCCCCCCC(=O)C(O)CO. The lowest BCUT2D eigenvalue weighted by atomic mass is 10.0. The van der Waals surface area contributed by atoms with Crippen LogP contribution in [0.4, 0.5) is 0 Å². The molecule has 2 N–H and O–H groups in total. The molecule has 0 aromatic heterocycles. The van der Waals surface area contributed by atoms with E-state index < -0.39 is 20.7 Å². The van der Waals surface area contributed by atoms with E-state index in [1.807, 2.05) is 28.1 Å². The summed E-state index contributed by atoms with van der Waals surface area (Å²) in [4.78, 5) is 21.9. The molecule has 0 bridgehead atoms. The molecule has 0 radical (unpaired) electrons. The zero-order valence-electron chi connectivity index (χ0n) is 25.0. The van der Waals surface area contributed by atoms with Gasteiger partial charge in [-0.25, -0.2) is 0 Å². The first kappa shape index (κ1) is 38.5. The van der Waals surface area contributed by atoms with Crippen molar-refractivity contribution in [3.63, 3.8) is 0 Å². The Morgan fingerprint density at radius 2 is 1.19 bits per heavy atom. The molecule has 0 spiro atoms. The number of carbonyl (C=O) groups excluding carboxylic acids is 1. The fraction of sp³-hybridized carbons (Fsp3) is 0.900. The smallest absolute Gasteiger partial charge is 0.373 e. The molecule has 0 aromatic rings. The summed E-state index contributed by atoms with van der Waals surface area (Å²) >= 11 is 0. The van der Waals surface area contributed by atoms with Crippen molar-refractivity contribution in [1.29, 1.82) is 0 Å². The third-order valence-electron chi connectivity index (χ3n) is 6.73. The van der Waals surface area contributed by atoms with Crippen molar-refractivity contribution >= 4 is 13.8 Å². The molecule has 0 aliphatic heterocycles. The maximum absolute atomic E-state index is 11.3. The van der Waals surface area contributed by atoms with Gasteiger partial charge in [0.1, 0.15) is 6.10 Å². The number of ketones is 1.